The number of benzene rings is 1. The van der Waals surface area contributed by atoms with E-state index in [0.717, 1.165) is 32.6 Å². The Hall–Kier alpha value is -1.39. The highest BCUT2D eigenvalue weighted by molar-refractivity contribution is 5.85. The molecular formula is C16H25N3O. The summed E-state index contributed by atoms with van der Waals surface area (Å²) in [5.74, 6) is 0.121. The number of amides is 1. The topological polar surface area (TPSA) is 44.4 Å². The summed E-state index contributed by atoms with van der Waals surface area (Å²) in [6, 6.07) is 10.3. The molecule has 0 aromatic heterocycles. The average Bonchev–Trinajstić information content (AvgIpc) is 2.49. The predicted molar refractivity (Wildman–Crippen MR) is 81.7 cm³/mol. The van der Waals surface area contributed by atoms with Crippen molar-refractivity contribution in [1.82, 2.24) is 15.5 Å². The predicted octanol–water partition coefficient (Wildman–Crippen LogP) is 1.03. The zero-order chi connectivity index (χ0) is 14.4. The van der Waals surface area contributed by atoms with Crippen molar-refractivity contribution in [1.29, 1.82) is 0 Å². The minimum Gasteiger partial charge on any atom is -0.354 e. The van der Waals surface area contributed by atoms with E-state index in [4.69, 9.17) is 0 Å². The normalized spacial score (nSPS) is 16.9. The van der Waals surface area contributed by atoms with Crippen LogP contribution in [0.1, 0.15) is 19.4 Å². The van der Waals surface area contributed by atoms with Gasteiger partial charge in [0, 0.05) is 32.7 Å². The minimum absolute atomic E-state index is 0.121. The highest BCUT2D eigenvalue weighted by Gasteiger charge is 2.34. The Balaban J connectivity index is 1.81. The molecule has 1 aromatic carbocycles. The Kier molecular flexibility index (Phi) is 5.15. The molecule has 0 aliphatic carbocycles. The van der Waals surface area contributed by atoms with Gasteiger partial charge in [-0.05, 0) is 25.8 Å². The van der Waals surface area contributed by atoms with Gasteiger partial charge in [-0.15, -0.1) is 0 Å². The second-order valence-electron chi connectivity index (χ2n) is 5.79. The van der Waals surface area contributed by atoms with Gasteiger partial charge in [0.2, 0.25) is 5.91 Å². The number of nitrogens with one attached hydrogen (secondary N) is 2. The SMILES string of the molecule is CC(C)(C(=O)NCCc1ccccc1)N1CCNCC1. The van der Waals surface area contributed by atoms with E-state index in [9.17, 15) is 4.79 Å². The number of hydrogen-bond donors (Lipinski definition) is 2. The highest BCUT2D eigenvalue weighted by atomic mass is 16.2. The molecule has 0 spiro atoms. The summed E-state index contributed by atoms with van der Waals surface area (Å²) in [6.45, 7) is 8.49. The molecule has 2 rings (SSSR count). The number of rotatable bonds is 5. The van der Waals surface area contributed by atoms with E-state index in [2.05, 4.69) is 27.7 Å². The third-order valence-electron chi connectivity index (χ3n) is 4.01. The van der Waals surface area contributed by atoms with Crippen LogP contribution in [0.2, 0.25) is 0 Å². The van der Waals surface area contributed by atoms with Crippen LogP contribution in [0, 0.1) is 0 Å². The molecule has 1 heterocycles. The van der Waals surface area contributed by atoms with E-state index < -0.39 is 5.54 Å². The zero-order valence-corrected chi connectivity index (χ0v) is 12.5. The van der Waals surface area contributed by atoms with Crippen LogP contribution in [-0.2, 0) is 11.2 Å². The molecule has 0 radical (unpaired) electrons. The maximum atomic E-state index is 12.4. The summed E-state index contributed by atoms with van der Waals surface area (Å²) >= 11 is 0. The monoisotopic (exact) mass is 275 g/mol. The van der Waals surface area contributed by atoms with Gasteiger partial charge in [0.15, 0.2) is 0 Å². The van der Waals surface area contributed by atoms with Gasteiger partial charge in [-0.2, -0.15) is 0 Å². The molecule has 0 bridgehead atoms. The lowest BCUT2D eigenvalue weighted by atomic mass is 10.0. The summed E-state index contributed by atoms with van der Waals surface area (Å²) in [4.78, 5) is 14.6. The van der Waals surface area contributed by atoms with Gasteiger partial charge in [-0.3, -0.25) is 9.69 Å². The van der Waals surface area contributed by atoms with Gasteiger partial charge in [0.05, 0.1) is 5.54 Å². The van der Waals surface area contributed by atoms with Crippen molar-refractivity contribution in [3.05, 3.63) is 35.9 Å². The first kappa shape index (κ1) is 15.0. The molecule has 4 heteroatoms. The van der Waals surface area contributed by atoms with Crippen LogP contribution in [0.5, 0.6) is 0 Å². The summed E-state index contributed by atoms with van der Waals surface area (Å²) in [5.41, 5.74) is 0.825. The number of carbonyl (C=O) groups is 1. The van der Waals surface area contributed by atoms with Crippen molar-refractivity contribution in [3.63, 3.8) is 0 Å². The van der Waals surface area contributed by atoms with E-state index in [0.29, 0.717) is 6.54 Å². The minimum atomic E-state index is -0.432. The number of piperazine rings is 1. The second-order valence-corrected chi connectivity index (χ2v) is 5.79. The van der Waals surface area contributed by atoms with Crippen LogP contribution < -0.4 is 10.6 Å². The van der Waals surface area contributed by atoms with E-state index in [1.807, 2.05) is 32.0 Å². The Bertz CT molecular complexity index is 425. The molecule has 1 aliphatic heterocycles. The van der Waals surface area contributed by atoms with E-state index in [-0.39, 0.29) is 5.91 Å². The lowest BCUT2D eigenvalue weighted by Crippen LogP contribution is -2.60. The van der Waals surface area contributed by atoms with E-state index in [1.54, 1.807) is 0 Å². The van der Waals surface area contributed by atoms with Crippen LogP contribution in [0.15, 0.2) is 30.3 Å². The molecule has 110 valence electrons. The van der Waals surface area contributed by atoms with Gasteiger partial charge in [0.25, 0.3) is 0 Å². The quantitative estimate of drug-likeness (QED) is 0.843. The van der Waals surface area contributed by atoms with Crippen LogP contribution in [0.25, 0.3) is 0 Å². The first-order valence-electron chi connectivity index (χ1n) is 7.39. The Morgan fingerprint density at radius 2 is 1.90 bits per heavy atom. The molecule has 4 nitrogen and oxygen atoms in total. The Morgan fingerprint density at radius 1 is 1.25 bits per heavy atom. The summed E-state index contributed by atoms with van der Waals surface area (Å²) in [7, 11) is 0. The standard InChI is InChI=1S/C16H25N3O/c1-16(2,19-12-10-17-11-13-19)15(20)18-9-8-14-6-4-3-5-7-14/h3-7,17H,8-13H2,1-2H3,(H,18,20). The van der Waals surface area contributed by atoms with Crippen molar-refractivity contribution >= 4 is 5.91 Å². The van der Waals surface area contributed by atoms with Crippen molar-refractivity contribution in [3.8, 4) is 0 Å². The van der Waals surface area contributed by atoms with Gasteiger partial charge < -0.3 is 10.6 Å². The molecule has 1 aliphatic rings. The van der Waals surface area contributed by atoms with E-state index >= 15 is 0 Å². The zero-order valence-electron chi connectivity index (χ0n) is 12.5. The molecule has 1 fully saturated rings. The largest absolute Gasteiger partial charge is 0.354 e. The van der Waals surface area contributed by atoms with Crippen LogP contribution in [0.4, 0.5) is 0 Å². The fraction of sp³-hybridized carbons (Fsp3) is 0.562. The maximum absolute atomic E-state index is 12.4. The summed E-state index contributed by atoms with van der Waals surface area (Å²) < 4.78 is 0. The molecule has 0 unspecified atom stereocenters. The molecular weight excluding hydrogens is 250 g/mol. The molecule has 0 atom stereocenters. The molecule has 2 N–H and O–H groups in total. The number of carbonyl (C=O) groups excluding carboxylic acids is 1. The van der Waals surface area contributed by atoms with Gasteiger partial charge in [-0.1, -0.05) is 30.3 Å². The lowest BCUT2D eigenvalue weighted by molar-refractivity contribution is -0.132. The fourth-order valence-corrected chi connectivity index (χ4v) is 2.55. The summed E-state index contributed by atoms with van der Waals surface area (Å²) in [5, 5.41) is 6.38. The third kappa shape index (κ3) is 3.81. The average molecular weight is 275 g/mol. The van der Waals surface area contributed by atoms with Gasteiger partial charge >= 0.3 is 0 Å². The molecule has 1 aromatic rings. The second kappa shape index (κ2) is 6.86. The Labute approximate surface area is 121 Å². The van der Waals surface area contributed by atoms with Gasteiger partial charge in [0.1, 0.15) is 0 Å². The molecule has 1 amide bonds. The van der Waals surface area contributed by atoms with Crippen molar-refractivity contribution in [2.75, 3.05) is 32.7 Å². The van der Waals surface area contributed by atoms with Crippen molar-refractivity contribution in [2.24, 2.45) is 0 Å². The fourth-order valence-electron chi connectivity index (χ4n) is 2.55. The lowest BCUT2D eigenvalue weighted by Gasteiger charge is -2.39. The molecule has 1 saturated heterocycles. The van der Waals surface area contributed by atoms with Crippen molar-refractivity contribution < 1.29 is 4.79 Å². The third-order valence-corrected chi connectivity index (χ3v) is 4.01. The Morgan fingerprint density at radius 3 is 2.55 bits per heavy atom. The maximum Gasteiger partial charge on any atom is 0.239 e. The molecule has 20 heavy (non-hydrogen) atoms. The first-order valence-corrected chi connectivity index (χ1v) is 7.39. The first-order chi connectivity index (χ1) is 9.60. The van der Waals surface area contributed by atoms with Gasteiger partial charge in [-0.25, -0.2) is 0 Å². The van der Waals surface area contributed by atoms with Crippen LogP contribution in [0.3, 0.4) is 0 Å². The van der Waals surface area contributed by atoms with Crippen molar-refractivity contribution in [2.45, 2.75) is 25.8 Å². The van der Waals surface area contributed by atoms with Crippen LogP contribution in [-0.4, -0.2) is 49.1 Å². The highest BCUT2D eigenvalue weighted by Crippen LogP contribution is 2.15. The van der Waals surface area contributed by atoms with Crippen LogP contribution >= 0.6 is 0 Å². The smallest absolute Gasteiger partial charge is 0.239 e. The molecule has 0 saturated carbocycles. The number of nitrogens with zero attached hydrogens (tertiary/aromatic N) is 1. The van der Waals surface area contributed by atoms with E-state index in [1.165, 1.54) is 5.56 Å². The summed E-state index contributed by atoms with van der Waals surface area (Å²) in [6.07, 6.45) is 0.879. The number of hydrogen-bond acceptors (Lipinski definition) is 3.